The van der Waals surface area contributed by atoms with Gasteiger partial charge in [0, 0.05) is 10.5 Å². The third-order valence-corrected chi connectivity index (χ3v) is 7.93. The van der Waals surface area contributed by atoms with Crippen LogP contribution in [0.4, 0.5) is 4.39 Å². The molecule has 0 aromatic heterocycles. The molecule has 0 aliphatic rings. The first kappa shape index (κ1) is 27.7. The van der Waals surface area contributed by atoms with Crippen molar-refractivity contribution in [2.45, 2.75) is 64.2 Å². The maximum atomic E-state index is 15.1. The summed E-state index contributed by atoms with van der Waals surface area (Å²) in [6.07, 6.45) is 6.96. The molecule has 4 rings (SSSR count). The molecule has 0 saturated carbocycles. The van der Waals surface area contributed by atoms with Crippen molar-refractivity contribution in [2.75, 3.05) is 5.75 Å². The molecule has 4 aromatic rings. The van der Waals surface area contributed by atoms with E-state index in [0.29, 0.717) is 5.56 Å². The number of hydrogen-bond acceptors (Lipinski definition) is 1. The average Bonchev–Trinajstić information content (AvgIpc) is 2.93. The van der Waals surface area contributed by atoms with Gasteiger partial charge in [-0.15, -0.1) is 11.8 Å². The van der Waals surface area contributed by atoms with Gasteiger partial charge >= 0.3 is 0 Å². The van der Waals surface area contributed by atoms with E-state index < -0.39 is 0 Å². The molecule has 38 heavy (non-hydrogen) atoms. The van der Waals surface area contributed by atoms with E-state index in [-0.39, 0.29) is 5.82 Å². The van der Waals surface area contributed by atoms with E-state index in [9.17, 15) is 0 Å². The molecule has 4 aromatic carbocycles. The van der Waals surface area contributed by atoms with E-state index in [2.05, 4.69) is 86.4 Å². The summed E-state index contributed by atoms with van der Waals surface area (Å²) in [7, 11) is 0. The van der Waals surface area contributed by atoms with Crippen LogP contribution in [0.15, 0.2) is 89.8 Å². The van der Waals surface area contributed by atoms with Crippen molar-refractivity contribution < 1.29 is 4.39 Å². The molecular weight excluding hydrogens is 483 g/mol. The van der Waals surface area contributed by atoms with Crippen LogP contribution in [0.2, 0.25) is 0 Å². The van der Waals surface area contributed by atoms with Crippen molar-refractivity contribution in [3.8, 4) is 23.0 Å². The van der Waals surface area contributed by atoms with Crippen molar-refractivity contribution in [3.05, 3.63) is 124 Å². The van der Waals surface area contributed by atoms with Crippen molar-refractivity contribution >= 4 is 11.8 Å². The van der Waals surface area contributed by atoms with Gasteiger partial charge in [0.1, 0.15) is 5.82 Å². The smallest absolute Gasteiger partial charge is 0.139 e. The molecule has 2 heteroatoms. The van der Waals surface area contributed by atoms with Crippen molar-refractivity contribution in [2.24, 2.45) is 0 Å². The van der Waals surface area contributed by atoms with Crippen LogP contribution >= 0.6 is 11.8 Å². The van der Waals surface area contributed by atoms with Crippen LogP contribution in [0.3, 0.4) is 0 Å². The van der Waals surface area contributed by atoms with Gasteiger partial charge < -0.3 is 0 Å². The van der Waals surface area contributed by atoms with Gasteiger partial charge in [0.25, 0.3) is 0 Å². The third-order valence-electron chi connectivity index (χ3n) is 6.83. The second kappa shape index (κ2) is 14.0. The van der Waals surface area contributed by atoms with Crippen LogP contribution in [-0.2, 0) is 12.8 Å². The first-order valence-corrected chi connectivity index (χ1v) is 14.7. The van der Waals surface area contributed by atoms with E-state index in [1.807, 2.05) is 36.9 Å². The van der Waals surface area contributed by atoms with Gasteiger partial charge in [-0.3, -0.25) is 0 Å². The zero-order chi connectivity index (χ0) is 26.7. The summed E-state index contributed by atoms with van der Waals surface area (Å²) in [5.41, 5.74) is 8.20. The van der Waals surface area contributed by atoms with Gasteiger partial charge in [-0.1, -0.05) is 79.3 Å². The summed E-state index contributed by atoms with van der Waals surface area (Å²) in [5.74, 6) is 7.11. The molecular formula is C36H37FS. The summed E-state index contributed by atoms with van der Waals surface area (Å²) in [5, 5.41) is 0. The Kier molecular flexibility index (Phi) is 10.2. The fourth-order valence-electron chi connectivity index (χ4n) is 4.45. The van der Waals surface area contributed by atoms with E-state index in [1.165, 1.54) is 40.8 Å². The molecule has 0 saturated heterocycles. The summed E-state index contributed by atoms with van der Waals surface area (Å²) in [4.78, 5) is 1.26. The van der Waals surface area contributed by atoms with Gasteiger partial charge in [0.15, 0.2) is 0 Å². The Bertz CT molecular complexity index is 1350. The number of halogens is 1. The molecule has 0 N–H and O–H groups in total. The molecule has 0 heterocycles. The fraction of sp³-hybridized carbons (Fsp3) is 0.278. The second-order valence-electron chi connectivity index (χ2n) is 10.0. The normalized spacial score (nSPS) is 10.7. The molecule has 0 amide bonds. The molecule has 0 radical (unpaired) electrons. The monoisotopic (exact) mass is 520 g/mol. The molecule has 0 bridgehead atoms. The Labute approximate surface area is 232 Å². The minimum absolute atomic E-state index is 0.265. The van der Waals surface area contributed by atoms with Gasteiger partial charge in [0.05, 0.1) is 5.56 Å². The van der Waals surface area contributed by atoms with E-state index in [4.69, 9.17) is 0 Å². The van der Waals surface area contributed by atoms with Crippen molar-refractivity contribution in [1.29, 1.82) is 0 Å². The Hall–Kier alpha value is -3.28. The van der Waals surface area contributed by atoms with Crippen LogP contribution in [0.25, 0.3) is 11.1 Å². The molecule has 0 spiro atoms. The minimum Gasteiger partial charge on any atom is -0.206 e. The molecule has 194 valence electrons. The number of benzene rings is 4. The van der Waals surface area contributed by atoms with Gasteiger partial charge in [0.2, 0.25) is 0 Å². The van der Waals surface area contributed by atoms with E-state index >= 15 is 4.39 Å². The molecule has 0 aliphatic carbocycles. The first-order chi connectivity index (χ1) is 18.5. The Morgan fingerprint density at radius 1 is 0.684 bits per heavy atom. The summed E-state index contributed by atoms with van der Waals surface area (Å²) >= 11 is 1.87. The fourth-order valence-corrected chi connectivity index (χ4v) is 5.45. The lowest BCUT2D eigenvalue weighted by atomic mass is 9.99. The molecule has 0 aliphatic heterocycles. The Balaban J connectivity index is 1.34. The topological polar surface area (TPSA) is 0 Å². The average molecular weight is 521 g/mol. The predicted molar refractivity (Wildman–Crippen MR) is 162 cm³/mol. The highest BCUT2D eigenvalue weighted by Crippen LogP contribution is 2.27. The minimum atomic E-state index is -0.265. The first-order valence-electron chi connectivity index (χ1n) is 13.7. The molecule has 0 fully saturated rings. The highest BCUT2D eigenvalue weighted by atomic mass is 32.2. The van der Waals surface area contributed by atoms with Crippen LogP contribution in [-0.4, -0.2) is 5.75 Å². The zero-order valence-corrected chi connectivity index (χ0v) is 23.6. The van der Waals surface area contributed by atoms with Crippen LogP contribution in [0.5, 0.6) is 0 Å². The van der Waals surface area contributed by atoms with Crippen LogP contribution in [0, 0.1) is 31.5 Å². The summed E-state index contributed by atoms with van der Waals surface area (Å²) in [6, 6.07) is 29.3. The lowest BCUT2D eigenvalue weighted by Crippen LogP contribution is -1.92. The van der Waals surface area contributed by atoms with Crippen molar-refractivity contribution in [1.82, 2.24) is 0 Å². The molecule has 0 nitrogen and oxygen atoms in total. The predicted octanol–water partition coefficient (Wildman–Crippen LogP) is 9.97. The number of thioether (sulfide) groups is 1. The maximum absolute atomic E-state index is 15.1. The van der Waals surface area contributed by atoms with Gasteiger partial charge in [-0.05, 0) is 116 Å². The zero-order valence-electron chi connectivity index (χ0n) is 22.8. The summed E-state index contributed by atoms with van der Waals surface area (Å²) in [6.45, 7) is 6.27. The SMILES string of the molecule is CCCCSc1ccc(-c2cc(C)c(C#Cc3ccc(CCCCc4ccc(C)cc4)cc3)c(F)c2)cc1. The second-order valence-corrected chi connectivity index (χ2v) is 11.2. The number of rotatable bonds is 10. The highest BCUT2D eigenvalue weighted by molar-refractivity contribution is 7.99. The lowest BCUT2D eigenvalue weighted by Gasteiger charge is -2.08. The largest absolute Gasteiger partial charge is 0.206 e. The maximum Gasteiger partial charge on any atom is 0.139 e. The standard InChI is InChI=1S/C36H37FS/c1-4-5-24-38-34-21-19-32(20-22-34)33-25-28(3)35(36(37)26-33)23-18-31-16-14-30(15-17-31)9-7-6-8-29-12-10-27(2)11-13-29/h10-17,19-22,25-26H,4-9,24H2,1-3H3. The van der Waals surface area contributed by atoms with E-state index in [0.717, 1.165) is 47.3 Å². The molecule has 0 atom stereocenters. The Morgan fingerprint density at radius 3 is 1.92 bits per heavy atom. The number of aryl methyl sites for hydroxylation is 4. The quantitative estimate of drug-likeness (QED) is 0.114. The van der Waals surface area contributed by atoms with Gasteiger partial charge in [-0.25, -0.2) is 4.39 Å². The number of hydrogen-bond donors (Lipinski definition) is 0. The van der Waals surface area contributed by atoms with Gasteiger partial charge in [-0.2, -0.15) is 0 Å². The van der Waals surface area contributed by atoms with Crippen LogP contribution < -0.4 is 0 Å². The van der Waals surface area contributed by atoms with Crippen LogP contribution in [0.1, 0.15) is 66.0 Å². The lowest BCUT2D eigenvalue weighted by molar-refractivity contribution is 0.623. The highest BCUT2D eigenvalue weighted by Gasteiger charge is 2.08. The Morgan fingerprint density at radius 2 is 1.32 bits per heavy atom. The van der Waals surface area contributed by atoms with E-state index in [1.54, 1.807) is 6.07 Å². The van der Waals surface area contributed by atoms with Crippen molar-refractivity contribution in [3.63, 3.8) is 0 Å². The third kappa shape index (κ3) is 8.11. The number of unbranched alkanes of at least 4 members (excludes halogenated alkanes) is 2. The molecule has 0 unspecified atom stereocenters. The summed E-state index contributed by atoms with van der Waals surface area (Å²) < 4.78 is 15.1.